The van der Waals surface area contributed by atoms with Crippen LogP contribution in [0.15, 0.2) is 24.5 Å². The fourth-order valence-corrected chi connectivity index (χ4v) is 3.66. The zero-order valence-corrected chi connectivity index (χ0v) is 14.5. The second-order valence-electron chi connectivity index (χ2n) is 6.80. The quantitative estimate of drug-likeness (QED) is 0.925. The number of hydrogen-bond acceptors (Lipinski definition) is 3. The summed E-state index contributed by atoms with van der Waals surface area (Å²) in [6.45, 7) is 7.87. The molecule has 0 bridgehead atoms. The average Bonchev–Trinajstić information content (AvgIpc) is 3.08. The van der Waals surface area contributed by atoms with Crippen LogP contribution in [-0.2, 0) is 9.59 Å². The van der Waals surface area contributed by atoms with Crippen molar-refractivity contribution in [2.24, 2.45) is 0 Å². The number of nitrogens with zero attached hydrogens (tertiary/aromatic N) is 2. The van der Waals surface area contributed by atoms with Gasteiger partial charge in [-0.05, 0) is 39.8 Å². The number of thioether (sulfide) groups is 1. The van der Waals surface area contributed by atoms with E-state index in [0.29, 0.717) is 18.1 Å². The van der Waals surface area contributed by atoms with Gasteiger partial charge in [0.25, 0.3) is 0 Å². The SMILES string of the molecule is C[C@H](CC(=O)N1CSC[C@H]1C(=O)NC(C)(C)C)n1cccc1. The molecule has 1 saturated heterocycles. The van der Waals surface area contributed by atoms with Crippen LogP contribution in [0, 0.1) is 0 Å². The first kappa shape index (κ1) is 16.9. The summed E-state index contributed by atoms with van der Waals surface area (Å²) >= 11 is 1.63. The minimum absolute atomic E-state index is 0.0419. The molecular formula is C16H25N3O2S. The molecular weight excluding hydrogens is 298 g/mol. The number of amides is 2. The zero-order chi connectivity index (χ0) is 16.3. The third-order valence-corrected chi connectivity index (χ3v) is 4.62. The van der Waals surface area contributed by atoms with E-state index >= 15 is 0 Å². The second-order valence-corrected chi connectivity index (χ2v) is 7.80. The molecule has 122 valence electrons. The molecule has 2 rings (SSSR count). The van der Waals surface area contributed by atoms with Gasteiger partial charge in [0.05, 0.1) is 5.88 Å². The van der Waals surface area contributed by atoms with Gasteiger partial charge in [0.2, 0.25) is 11.8 Å². The van der Waals surface area contributed by atoms with Crippen LogP contribution < -0.4 is 5.32 Å². The van der Waals surface area contributed by atoms with Gasteiger partial charge in [0, 0.05) is 36.1 Å². The van der Waals surface area contributed by atoms with Crippen molar-refractivity contribution in [1.29, 1.82) is 0 Å². The summed E-state index contributed by atoms with van der Waals surface area (Å²) in [6, 6.07) is 3.64. The standard InChI is InChI=1S/C16H25N3O2S/c1-12(18-7-5-6-8-18)9-14(20)19-11-22-10-13(19)15(21)17-16(2,3)4/h5-8,12-13H,9-11H2,1-4H3,(H,17,21)/t12-,13+/m1/s1. The summed E-state index contributed by atoms with van der Waals surface area (Å²) in [7, 11) is 0. The van der Waals surface area contributed by atoms with Gasteiger partial charge in [-0.25, -0.2) is 0 Å². The maximum atomic E-state index is 12.6. The van der Waals surface area contributed by atoms with Crippen LogP contribution in [0.5, 0.6) is 0 Å². The zero-order valence-electron chi connectivity index (χ0n) is 13.7. The monoisotopic (exact) mass is 323 g/mol. The van der Waals surface area contributed by atoms with E-state index in [1.165, 1.54) is 0 Å². The summed E-state index contributed by atoms with van der Waals surface area (Å²) in [5.41, 5.74) is -0.280. The Bertz CT molecular complexity index is 522. The van der Waals surface area contributed by atoms with Crippen LogP contribution in [0.3, 0.4) is 0 Å². The molecule has 2 atom stereocenters. The Hall–Kier alpha value is -1.43. The lowest BCUT2D eigenvalue weighted by Crippen LogP contribution is -2.52. The summed E-state index contributed by atoms with van der Waals surface area (Å²) in [5.74, 6) is 1.25. The lowest BCUT2D eigenvalue weighted by atomic mass is 10.1. The van der Waals surface area contributed by atoms with Crippen LogP contribution in [0.4, 0.5) is 0 Å². The van der Waals surface area contributed by atoms with Crippen LogP contribution in [0.25, 0.3) is 0 Å². The number of hydrogen-bond donors (Lipinski definition) is 1. The van der Waals surface area contributed by atoms with Crippen LogP contribution in [0.2, 0.25) is 0 Å². The third-order valence-electron chi connectivity index (χ3n) is 3.61. The first-order valence-electron chi connectivity index (χ1n) is 7.59. The molecule has 0 radical (unpaired) electrons. The Labute approximate surface area is 136 Å². The van der Waals surface area contributed by atoms with Crippen molar-refractivity contribution in [3.63, 3.8) is 0 Å². The first-order chi connectivity index (χ1) is 10.3. The van der Waals surface area contributed by atoms with Gasteiger partial charge in [-0.15, -0.1) is 11.8 Å². The summed E-state index contributed by atoms with van der Waals surface area (Å²) < 4.78 is 2.02. The Morgan fingerprint density at radius 1 is 1.32 bits per heavy atom. The molecule has 0 unspecified atom stereocenters. The molecule has 6 heteroatoms. The van der Waals surface area contributed by atoms with E-state index in [-0.39, 0.29) is 29.4 Å². The highest BCUT2D eigenvalue weighted by Gasteiger charge is 2.36. The topological polar surface area (TPSA) is 54.3 Å². The molecule has 0 saturated carbocycles. The predicted molar refractivity (Wildman–Crippen MR) is 89.6 cm³/mol. The predicted octanol–water partition coefficient (Wildman–Crippen LogP) is 2.26. The molecule has 1 aliphatic rings. The van der Waals surface area contributed by atoms with Crippen molar-refractivity contribution in [2.75, 3.05) is 11.6 Å². The maximum Gasteiger partial charge on any atom is 0.244 e. The van der Waals surface area contributed by atoms with Crippen molar-refractivity contribution >= 4 is 23.6 Å². The van der Waals surface area contributed by atoms with Gasteiger partial charge >= 0.3 is 0 Å². The molecule has 5 nitrogen and oxygen atoms in total. The number of rotatable bonds is 4. The molecule has 2 heterocycles. The Kier molecular flexibility index (Phi) is 5.21. The van der Waals surface area contributed by atoms with Gasteiger partial charge in [-0.1, -0.05) is 0 Å². The molecule has 0 aliphatic carbocycles. The fourth-order valence-electron chi connectivity index (χ4n) is 2.48. The Morgan fingerprint density at radius 3 is 2.55 bits per heavy atom. The van der Waals surface area contributed by atoms with Gasteiger partial charge < -0.3 is 14.8 Å². The minimum Gasteiger partial charge on any atom is -0.351 e. The molecule has 1 aromatic rings. The highest BCUT2D eigenvalue weighted by molar-refractivity contribution is 7.99. The Morgan fingerprint density at radius 2 is 1.95 bits per heavy atom. The molecule has 2 amide bonds. The van der Waals surface area contributed by atoms with Crippen molar-refractivity contribution in [2.45, 2.75) is 51.7 Å². The van der Waals surface area contributed by atoms with Gasteiger partial charge in [-0.2, -0.15) is 0 Å². The van der Waals surface area contributed by atoms with E-state index < -0.39 is 0 Å². The minimum atomic E-state index is -0.353. The smallest absolute Gasteiger partial charge is 0.244 e. The second kappa shape index (κ2) is 6.77. The largest absolute Gasteiger partial charge is 0.351 e. The number of carbonyl (C=O) groups is 2. The number of nitrogens with one attached hydrogen (secondary N) is 1. The highest BCUT2D eigenvalue weighted by Crippen LogP contribution is 2.24. The number of aromatic nitrogens is 1. The van der Waals surface area contributed by atoms with Crippen molar-refractivity contribution in [3.05, 3.63) is 24.5 Å². The van der Waals surface area contributed by atoms with Crippen molar-refractivity contribution in [1.82, 2.24) is 14.8 Å². The molecule has 1 aromatic heterocycles. The van der Waals surface area contributed by atoms with E-state index in [2.05, 4.69) is 5.32 Å². The highest BCUT2D eigenvalue weighted by atomic mass is 32.2. The lowest BCUT2D eigenvalue weighted by Gasteiger charge is -2.28. The average molecular weight is 323 g/mol. The molecule has 22 heavy (non-hydrogen) atoms. The van der Waals surface area contributed by atoms with E-state index in [4.69, 9.17) is 0 Å². The fraction of sp³-hybridized carbons (Fsp3) is 0.625. The van der Waals surface area contributed by atoms with Gasteiger partial charge in [0.15, 0.2) is 0 Å². The van der Waals surface area contributed by atoms with E-state index in [0.717, 1.165) is 0 Å². The summed E-state index contributed by atoms with van der Waals surface area (Å²) in [5, 5.41) is 2.98. The Balaban J connectivity index is 1.97. The molecule has 0 spiro atoms. The summed E-state index contributed by atoms with van der Waals surface area (Å²) in [4.78, 5) is 26.6. The van der Waals surface area contributed by atoms with Crippen molar-refractivity contribution in [3.8, 4) is 0 Å². The maximum absolute atomic E-state index is 12.6. The normalized spacial score (nSPS) is 20.0. The third kappa shape index (κ3) is 4.29. The lowest BCUT2D eigenvalue weighted by molar-refractivity contribution is -0.139. The molecule has 1 N–H and O–H groups in total. The van der Waals surface area contributed by atoms with Crippen LogP contribution in [-0.4, -0.2) is 44.5 Å². The van der Waals surface area contributed by atoms with Crippen LogP contribution in [0.1, 0.15) is 40.2 Å². The van der Waals surface area contributed by atoms with E-state index in [1.54, 1.807) is 16.7 Å². The van der Waals surface area contributed by atoms with E-state index in [1.807, 2.05) is 56.8 Å². The first-order valence-corrected chi connectivity index (χ1v) is 8.75. The summed E-state index contributed by atoms with van der Waals surface area (Å²) in [6.07, 6.45) is 4.33. The van der Waals surface area contributed by atoms with Gasteiger partial charge in [0.1, 0.15) is 6.04 Å². The molecule has 1 aliphatic heterocycles. The van der Waals surface area contributed by atoms with Crippen molar-refractivity contribution < 1.29 is 9.59 Å². The number of carbonyl (C=O) groups excluding carboxylic acids is 2. The van der Waals surface area contributed by atoms with Crippen LogP contribution >= 0.6 is 11.8 Å². The van der Waals surface area contributed by atoms with E-state index in [9.17, 15) is 9.59 Å². The van der Waals surface area contributed by atoms with Gasteiger partial charge in [-0.3, -0.25) is 9.59 Å². The molecule has 0 aromatic carbocycles. The molecule has 1 fully saturated rings.